The second-order valence-electron chi connectivity index (χ2n) is 6.15. The number of benzene rings is 2. The van der Waals surface area contributed by atoms with Crippen molar-refractivity contribution in [2.45, 2.75) is 32.4 Å². The second kappa shape index (κ2) is 6.84. The number of nitrogens with two attached hydrogens (primary N) is 1. The number of hydrogen-bond donors (Lipinski definition) is 1. The van der Waals surface area contributed by atoms with E-state index in [1.54, 1.807) is 0 Å². The van der Waals surface area contributed by atoms with Gasteiger partial charge in [0.05, 0.1) is 0 Å². The lowest BCUT2D eigenvalue weighted by Gasteiger charge is -2.32. The Kier molecular flexibility index (Phi) is 4.64. The zero-order valence-electron chi connectivity index (χ0n) is 13.2. The Balaban J connectivity index is 1.49. The molecule has 0 aromatic heterocycles. The van der Waals surface area contributed by atoms with Gasteiger partial charge in [0, 0.05) is 25.3 Å². The van der Waals surface area contributed by atoms with Gasteiger partial charge in [-0.1, -0.05) is 29.8 Å². The molecule has 2 aromatic carbocycles. The zero-order chi connectivity index (χ0) is 15.4. The Labute approximate surface area is 132 Å². The first kappa shape index (κ1) is 14.9. The molecular weight excluding hydrogens is 272 g/mol. The molecule has 1 fully saturated rings. The van der Waals surface area contributed by atoms with E-state index < -0.39 is 0 Å². The van der Waals surface area contributed by atoms with Crippen molar-refractivity contribution in [2.24, 2.45) is 0 Å². The molecular formula is C19H24N2O. The summed E-state index contributed by atoms with van der Waals surface area (Å²) in [5, 5.41) is 0. The summed E-state index contributed by atoms with van der Waals surface area (Å²) in [6, 6.07) is 16.5. The van der Waals surface area contributed by atoms with Crippen molar-refractivity contribution in [3.05, 3.63) is 59.7 Å². The molecule has 0 atom stereocenters. The fourth-order valence-electron chi connectivity index (χ4n) is 2.94. The summed E-state index contributed by atoms with van der Waals surface area (Å²) in [6.45, 7) is 5.22. The lowest BCUT2D eigenvalue weighted by Crippen LogP contribution is -2.37. The monoisotopic (exact) mass is 296 g/mol. The third-order valence-electron chi connectivity index (χ3n) is 4.22. The Bertz CT molecular complexity index is 601. The van der Waals surface area contributed by atoms with Crippen LogP contribution < -0.4 is 10.5 Å². The van der Waals surface area contributed by atoms with Gasteiger partial charge in [-0.25, -0.2) is 0 Å². The molecule has 116 valence electrons. The summed E-state index contributed by atoms with van der Waals surface area (Å²) in [5.41, 5.74) is 9.24. The fourth-order valence-corrected chi connectivity index (χ4v) is 2.94. The molecule has 2 N–H and O–H groups in total. The molecule has 0 amide bonds. The number of hydrogen-bond acceptors (Lipinski definition) is 3. The van der Waals surface area contributed by atoms with Gasteiger partial charge in [-0.3, -0.25) is 4.90 Å². The van der Waals surface area contributed by atoms with Gasteiger partial charge in [-0.2, -0.15) is 0 Å². The Hall–Kier alpha value is -2.00. The molecule has 1 aliphatic rings. The average molecular weight is 296 g/mol. The van der Waals surface area contributed by atoms with Crippen molar-refractivity contribution in [2.75, 3.05) is 18.8 Å². The maximum absolute atomic E-state index is 6.08. The molecule has 3 heteroatoms. The highest BCUT2D eigenvalue weighted by Gasteiger charge is 2.20. The van der Waals surface area contributed by atoms with Gasteiger partial charge in [0.2, 0.25) is 0 Å². The molecule has 3 rings (SSSR count). The van der Waals surface area contributed by atoms with Crippen LogP contribution in [-0.2, 0) is 6.54 Å². The first-order valence-corrected chi connectivity index (χ1v) is 7.99. The highest BCUT2D eigenvalue weighted by molar-refractivity contribution is 5.40. The molecule has 0 radical (unpaired) electrons. The van der Waals surface area contributed by atoms with Crippen LogP contribution in [0.1, 0.15) is 24.0 Å². The van der Waals surface area contributed by atoms with Crippen molar-refractivity contribution < 1.29 is 4.74 Å². The quantitative estimate of drug-likeness (QED) is 0.876. The number of aryl methyl sites for hydroxylation is 1. The van der Waals surface area contributed by atoms with Crippen LogP contribution in [0.3, 0.4) is 0 Å². The van der Waals surface area contributed by atoms with Crippen LogP contribution in [0, 0.1) is 6.92 Å². The standard InChI is InChI=1S/C19H24N2O/c1-15-5-7-18(8-6-15)22-19-9-11-21(12-10-19)14-16-3-2-4-17(20)13-16/h2-8,13,19H,9-12,14,20H2,1H3. The van der Waals surface area contributed by atoms with Gasteiger partial charge < -0.3 is 10.5 Å². The normalized spacial score (nSPS) is 16.6. The first-order chi connectivity index (χ1) is 10.7. The van der Waals surface area contributed by atoms with Crippen molar-refractivity contribution in [3.63, 3.8) is 0 Å². The van der Waals surface area contributed by atoms with E-state index in [4.69, 9.17) is 10.5 Å². The predicted molar refractivity (Wildman–Crippen MR) is 91.0 cm³/mol. The fraction of sp³-hybridized carbons (Fsp3) is 0.368. The summed E-state index contributed by atoms with van der Waals surface area (Å²) in [4.78, 5) is 2.48. The third-order valence-corrected chi connectivity index (χ3v) is 4.22. The molecule has 0 unspecified atom stereocenters. The van der Waals surface area contributed by atoms with E-state index in [1.807, 2.05) is 12.1 Å². The van der Waals surface area contributed by atoms with E-state index in [0.29, 0.717) is 6.10 Å². The first-order valence-electron chi connectivity index (χ1n) is 7.99. The average Bonchev–Trinajstić information content (AvgIpc) is 2.52. The molecule has 0 bridgehead atoms. The molecule has 0 spiro atoms. The largest absolute Gasteiger partial charge is 0.490 e. The Morgan fingerprint density at radius 2 is 1.82 bits per heavy atom. The van der Waals surface area contributed by atoms with Gasteiger partial charge in [0.15, 0.2) is 0 Å². The van der Waals surface area contributed by atoms with Crippen LogP contribution in [0.5, 0.6) is 5.75 Å². The number of anilines is 1. The van der Waals surface area contributed by atoms with Crippen molar-refractivity contribution in [1.82, 2.24) is 4.90 Å². The number of piperidine rings is 1. The van der Waals surface area contributed by atoms with E-state index in [-0.39, 0.29) is 0 Å². The van der Waals surface area contributed by atoms with E-state index in [0.717, 1.165) is 43.9 Å². The van der Waals surface area contributed by atoms with Crippen molar-refractivity contribution in [1.29, 1.82) is 0 Å². The van der Waals surface area contributed by atoms with Crippen LogP contribution in [0.2, 0.25) is 0 Å². The van der Waals surface area contributed by atoms with Crippen LogP contribution >= 0.6 is 0 Å². The number of rotatable bonds is 4. The summed E-state index contributed by atoms with van der Waals surface area (Å²) >= 11 is 0. The molecule has 2 aromatic rings. The number of nitrogens with zero attached hydrogens (tertiary/aromatic N) is 1. The number of likely N-dealkylation sites (tertiary alicyclic amines) is 1. The molecule has 1 saturated heterocycles. The van der Waals surface area contributed by atoms with Crippen LogP contribution in [0.4, 0.5) is 5.69 Å². The van der Waals surface area contributed by atoms with E-state index in [9.17, 15) is 0 Å². The van der Waals surface area contributed by atoms with Gasteiger partial charge in [0.25, 0.3) is 0 Å². The van der Waals surface area contributed by atoms with Crippen LogP contribution in [0.15, 0.2) is 48.5 Å². The summed E-state index contributed by atoms with van der Waals surface area (Å²) < 4.78 is 6.08. The summed E-state index contributed by atoms with van der Waals surface area (Å²) in [5.74, 6) is 0.986. The molecule has 22 heavy (non-hydrogen) atoms. The van der Waals surface area contributed by atoms with Crippen LogP contribution in [-0.4, -0.2) is 24.1 Å². The van der Waals surface area contributed by atoms with Gasteiger partial charge in [-0.05, 0) is 49.6 Å². The lowest BCUT2D eigenvalue weighted by atomic mass is 10.1. The summed E-state index contributed by atoms with van der Waals surface area (Å²) in [7, 11) is 0. The minimum atomic E-state index is 0.333. The topological polar surface area (TPSA) is 38.5 Å². The molecule has 0 aliphatic carbocycles. The van der Waals surface area contributed by atoms with E-state index >= 15 is 0 Å². The third kappa shape index (κ3) is 4.01. The zero-order valence-corrected chi connectivity index (χ0v) is 13.2. The van der Waals surface area contributed by atoms with E-state index in [1.165, 1.54) is 11.1 Å². The van der Waals surface area contributed by atoms with Crippen molar-refractivity contribution >= 4 is 5.69 Å². The van der Waals surface area contributed by atoms with Gasteiger partial charge >= 0.3 is 0 Å². The number of nitrogen functional groups attached to an aromatic ring is 1. The summed E-state index contributed by atoms with van der Waals surface area (Å²) in [6.07, 6.45) is 2.49. The highest BCUT2D eigenvalue weighted by atomic mass is 16.5. The van der Waals surface area contributed by atoms with Gasteiger partial charge in [0.1, 0.15) is 11.9 Å². The van der Waals surface area contributed by atoms with E-state index in [2.05, 4.69) is 48.2 Å². The maximum Gasteiger partial charge on any atom is 0.119 e. The highest BCUT2D eigenvalue weighted by Crippen LogP contribution is 2.21. The lowest BCUT2D eigenvalue weighted by molar-refractivity contribution is 0.0968. The van der Waals surface area contributed by atoms with Gasteiger partial charge in [-0.15, -0.1) is 0 Å². The minimum absolute atomic E-state index is 0.333. The SMILES string of the molecule is Cc1ccc(OC2CCN(Cc3cccc(N)c3)CC2)cc1. The van der Waals surface area contributed by atoms with Crippen molar-refractivity contribution in [3.8, 4) is 5.75 Å². The smallest absolute Gasteiger partial charge is 0.119 e. The minimum Gasteiger partial charge on any atom is -0.490 e. The second-order valence-corrected chi connectivity index (χ2v) is 6.15. The maximum atomic E-state index is 6.08. The molecule has 1 heterocycles. The number of ether oxygens (including phenoxy) is 1. The van der Waals surface area contributed by atoms with Crippen LogP contribution in [0.25, 0.3) is 0 Å². The Morgan fingerprint density at radius 1 is 1.09 bits per heavy atom. The predicted octanol–water partition coefficient (Wildman–Crippen LogP) is 3.62. The molecule has 1 aliphatic heterocycles. The Morgan fingerprint density at radius 3 is 2.50 bits per heavy atom. The molecule has 3 nitrogen and oxygen atoms in total. The molecule has 0 saturated carbocycles.